The molecule has 29 heavy (non-hydrogen) atoms. The van der Waals surface area contributed by atoms with Gasteiger partial charge in [0, 0.05) is 19.6 Å². The number of carbonyl (C=O) groups is 1. The van der Waals surface area contributed by atoms with E-state index in [9.17, 15) is 13.2 Å². The fourth-order valence-corrected chi connectivity index (χ4v) is 5.16. The summed E-state index contributed by atoms with van der Waals surface area (Å²) in [6.45, 7) is 5.31. The van der Waals surface area contributed by atoms with Crippen molar-refractivity contribution in [2.75, 3.05) is 19.6 Å². The van der Waals surface area contributed by atoms with Crippen LogP contribution < -0.4 is 5.32 Å². The molecule has 6 heteroatoms. The number of piperidine rings is 1. The number of hydrogen-bond acceptors (Lipinski definition) is 3. The van der Waals surface area contributed by atoms with Crippen molar-refractivity contribution in [3.05, 3.63) is 65.2 Å². The van der Waals surface area contributed by atoms with Gasteiger partial charge in [0.25, 0.3) is 0 Å². The Morgan fingerprint density at radius 1 is 1.03 bits per heavy atom. The summed E-state index contributed by atoms with van der Waals surface area (Å²) in [6.07, 6.45) is 3.21. The Labute approximate surface area is 174 Å². The van der Waals surface area contributed by atoms with Gasteiger partial charge in [-0.3, -0.25) is 4.79 Å². The summed E-state index contributed by atoms with van der Waals surface area (Å²) in [7, 11) is -3.56. The van der Waals surface area contributed by atoms with Crippen molar-refractivity contribution in [2.45, 2.75) is 44.4 Å². The highest BCUT2D eigenvalue weighted by molar-refractivity contribution is 7.89. The third kappa shape index (κ3) is 5.67. The molecule has 0 radical (unpaired) electrons. The Morgan fingerprint density at radius 2 is 1.66 bits per heavy atom. The molecule has 3 rings (SSSR count). The highest BCUT2D eigenvalue weighted by atomic mass is 32.2. The molecule has 156 valence electrons. The molecular weight excluding hydrogens is 384 g/mol. The molecule has 5 nitrogen and oxygen atoms in total. The predicted molar refractivity (Wildman–Crippen MR) is 115 cm³/mol. The lowest BCUT2D eigenvalue weighted by Gasteiger charge is -2.31. The van der Waals surface area contributed by atoms with Gasteiger partial charge in [0.1, 0.15) is 0 Å². The molecule has 0 saturated carbocycles. The number of hydrogen-bond donors (Lipinski definition) is 1. The van der Waals surface area contributed by atoms with Gasteiger partial charge in [-0.05, 0) is 57.2 Å². The molecule has 1 heterocycles. The Bertz CT molecular complexity index is 922. The van der Waals surface area contributed by atoms with Crippen LogP contribution in [-0.4, -0.2) is 38.3 Å². The first-order valence-electron chi connectivity index (χ1n) is 10.3. The van der Waals surface area contributed by atoms with Crippen LogP contribution in [0.4, 0.5) is 0 Å². The quantitative estimate of drug-likeness (QED) is 0.706. The van der Waals surface area contributed by atoms with Crippen molar-refractivity contribution in [3.8, 4) is 0 Å². The zero-order valence-electron chi connectivity index (χ0n) is 17.2. The second-order valence-corrected chi connectivity index (χ2v) is 9.83. The monoisotopic (exact) mass is 414 g/mol. The Kier molecular flexibility index (Phi) is 7.09. The minimum Gasteiger partial charge on any atom is -0.356 e. The first kappa shape index (κ1) is 21.5. The maximum atomic E-state index is 12.9. The number of nitrogens with zero attached hydrogens (tertiary/aromatic N) is 1. The average Bonchev–Trinajstić information content (AvgIpc) is 2.73. The number of rotatable bonds is 7. The number of sulfonamides is 1. The molecular formula is C23H30N2O3S. The number of carbonyl (C=O) groups excluding carboxylic acids is 1. The van der Waals surface area contributed by atoms with Crippen molar-refractivity contribution in [1.29, 1.82) is 0 Å². The van der Waals surface area contributed by atoms with Gasteiger partial charge in [-0.15, -0.1) is 0 Å². The Morgan fingerprint density at radius 3 is 2.31 bits per heavy atom. The number of amides is 1. The van der Waals surface area contributed by atoms with Gasteiger partial charge in [0.15, 0.2) is 0 Å². The normalized spacial score (nSPS) is 17.8. The van der Waals surface area contributed by atoms with Gasteiger partial charge in [-0.25, -0.2) is 8.42 Å². The number of nitrogens with one attached hydrogen (secondary N) is 1. The van der Waals surface area contributed by atoms with E-state index in [1.165, 1.54) is 15.4 Å². The lowest BCUT2D eigenvalue weighted by molar-refractivity contribution is -0.126. The van der Waals surface area contributed by atoms with Crippen molar-refractivity contribution < 1.29 is 13.2 Å². The van der Waals surface area contributed by atoms with Crippen LogP contribution >= 0.6 is 0 Å². The summed E-state index contributed by atoms with van der Waals surface area (Å²) < 4.78 is 27.3. The van der Waals surface area contributed by atoms with Crippen LogP contribution in [0.5, 0.6) is 0 Å². The molecule has 1 fully saturated rings. The first-order chi connectivity index (χ1) is 13.9. The summed E-state index contributed by atoms with van der Waals surface area (Å²) in [6, 6.07) is 15.3. The highest BCUT2D eigenvalue weighted by Gasteiger charge is 2.33. The van der Waals surface area contributed by atoms with Gasteiger partial charge in [-0.2, -0.15) is 4.31 Å². The highest BCUT2D eigenvalue weighted by Crippen LogP contribution is 2.24. The zero-order valence-corrected chi connectivity index (χ0v) is 18.0. The van der Waals surface area contributed by atoms with Crippen LogP contribution in [0.2, 0.25) is 0 Å². The third-order valence-electron chi connectivity index (χ3n) is 5.48. The van der Waals surface area contributed by atoms with E-state index < -0.39 is 10.0 Å². The topological polar surface area (TPSA) is 66.5 Å². The van der Waals surface area contributed by atoms with Crippen LogP contribution in [0.1, 0.15) is 36.0 Å². The SMILES string of the molecule is Cc1ccc(CCCNC(=O)C2CCCN(S(=O)(=O)c3ccc(C)cc3)C2)cc1. The fraction of sp³-hybridized carbons (Fsp3) is 0.435. The maximum Gasteiger partial charge on any atom is 0.243 e. The molecule has 1 aliphatic rings. The van der Waals surface area contributed by atoms with Gasteiger partial charge >= 0.3 is 0 Å². The number of aryl methyl sites for hydroxylation is 3. The van der Waals surface area contributed by atoms with Gasteiger partial charge in [0.2, 0.25) is 15.9 Å². The van der Waals surface area contributed by atoms with Crippen molar-refractivity contribution in [3.63, 3.8) is 0 Å². The second-order valence-electron chi connectivity index (χ2n) is 7.90. The summed E-state index contributed by atoms with van der Waals surface area (Å²) in [5.41, 5.74) is 3.52. The predicted octanol–water partition coefficient (Wildman–Crippen LogP) is 3.45. The molecule has 1 unspecified atom stereocenters. The molecule has 0 spiro atoms. The molecule has 1 aliphatic heterocycles. The van der Waals surface area contributed by atoms with Gasteiger partial charge < -0.3 is 5.32 Å². The third-order valence-corrected chi connectivity index (χ3v) is 7.36. The Balaban J connectivity index is 1.51. The molecule has 0 bridgehead atoms. The standard InChI is InChI=1S/C23H30N2O3S/c1-18-7-11-20(12-8-18)5-3-15-24-23(26)21-6-4-16-25(17-21)29(27,28)22-13-9-19(2)10-14-22/h7-14,21H,3-6,15-17H2,1-2H3,(H,24,26). The smallest absolute Gasteiger partial charge is 0.243 e. The van der Waals surface area contributed by atoms with Gasteiger partial charge in [0.05, 0.1) is 10.8 Å². The molecule has 1 saturated heterocycles. The summed E-state index contributed by atoms with van der Waals surface area (Å²) >= 11 is 0. The zero-order chi connectivity index (χ0) is 20.9. The van der Waals surface area contributed by atoms with Crippen LogP contribution in [0.15, 0.2) is 53.4 Å². The van der Waals surface area contributed by atoms with E-state index >= 15 is 0 Å². The van der Waals surface area contributed by atoms with Crippen molar-refractivity contribution >= 4 is 15.9 Å². The maximum absolute atomic E-state index is 12.9. The van der Waals surface area contributed by atoms with Crippen molar-refractivity contribution in [2.24, 2.45) is 5.92 Å². The molecule has 1 N–H and O–H groups in total. The second kappa shape index (κ2) is 9.55. The van der Waals surface area contributed by atoms with E-state index in [0.29, 0.717) is 24.4 Å². The summed E-state index contributed by atoms with van der Waals surface area (Å²) in [5.74, 6) is -0.332. The lowest BCUT2D eigenvalue weighted by Crippen LogP contribution is -2.45. The van der Waals surface area contributed by atoms with E-state index in [4.69, 9.17) is 0 Å². The summed E-state index contributed by atoms with van der Waals surface area (Å²) in [4.78, 5) is 12.9. The fourth-order valence-electron chi connectivity index (χ4n) is 3.64. The van der Waals surface area contributed by atoms with Crippen LogP contribution in [0.25, 0.3) is 0 Å². The molecule has 1 atom stereocenters. The minimum absolute atomic E-state index is 0.0438. The van der Waals surface area contributed by atoms with Gasteiger partial charge in [-0.1, -0.05) is 47.5 Å². The van der Waals surface area contributed by atoms with E-state index in [1.807, 2.05) is 6.92 Å². The molecule has 0 aromatic heterocycles. The minimum atomic E-state index is -3.56. The van der Waals surface area contributed by atoms with E-state index in [1.54, 1.807) is 24.3 Å². The summed E-state index contributed by atoms with van der Waals surface area (Å²) in [5, 5.41) is 2.99. The van der Waals surface area contributed by atoms with E-state index in [-0.39, 0.29) is 18.4 Å². The number of benzene rings is 2. The molecule has 2 aromatic carbocycles. The lowest BCUT2D eigenvalue weighted by atomic mass is 9.99. The largest absolute Gasteiger partial charge is 0.356 e. The van der Waals surface area contributed by atoms with E-state index in [2.05, 4.69) is 36.5 Å². The van der Waals surface area contributed by atoms with Crippen molar-refractivity contribution in [1.82, 2.24) is 9.62 Å². The Hall–Kier alpha value is -2.18. The van der Waals surface area contributed by atoms with Crippen LogP contribution in [-0.2, 0) is 21.2 Å². The average molecular weight is 415 g/mol. The van der Waals surface area contributed by atoms with E-state index in [0.717, 1.165) is 24.8 Å². The molecule has 0 aliphatic carbocycles. The first-order valence-corrected chi connectivity index (χ1v) is 11.7. The molecule has 2 aromatic rings. The van der Waals surface area contributed by atoms with Crippen LogP contribution in [0.3, 0.4) is 0 Å². The van der Waals surface area contributed by atoms with Crippen LogP contribution in [0, 0.1) is 19.8 Å². The molecule has 1 amide bonds.